The minimum absolute atomic E-state index is 0.0681. The lowest BCUT2D eigenvalue weighted by Gasteiger charge is -2.34. The first-order valence-corrected chi connectivity index (χ1v) is 17.9. The average Bonchev–Trinajstić information content (AvgIpc) is 3.46. The molecule has 0 radical (unpaired) electrons. The summed E-state index contributed by atoms with van der Waals surface area (Å²) >= 11 is 1.36. The fourth-order valence-corrected chi connectivity index (χ4v) is 8.01. The number of fused-ring (bicyclic) bond motifs is 2. The number of amides is 2. The minimum Gasteiger partial charge on any atom is -0.393 e. The molecule has 2 fully saturated rings. The monoisotopic (exact) mass is 646 g/mol. The second-order valence-corrected chi connectivity index (χ2v) is 15.8. The number of carbonyl (C=O) groups excluding carboxylic acids is 2. The summed E-state index contributed by atoms with van der Waals surface area (Å²) < 4.78 is 0. The van der Waals surface area contributed by atoms with Gasteiger partial charge >= 0.3 is 0 Å². The predicted octanol–water partition coefficient (Wildman–Crippen LogP) is 4.98. The van der Waals surface area contributed by atoms with Crippen molar-refractivity contribution in [3.63, 3.8) is 0 Å². The smallest absolute Gasteiger partial charge is 0.280 e. The van der Waals surface area contributed by atoms with Gasteiger partial charge in [-0.05, 0) is 112 Å². The van der Waals surface area contributed by atoms with Crippen LogP contribution < -0.4 is 10.6 Å². The molecule has 2 amide bonds. The second kappa shape index (κ2) is 14.1. The Bertz CT molecular complexity index is 1530. The van der Waals surface area contributed by atoms with E-state index in [2.05, 4.69) is 54.3 Å². The van der Waals surface area contributed by atoms with Crippen molar-refractivity contribution >= 4 is 33.5 Å². The number of thiazole rings is 1. The Kier molecular flexibility index (Phi) is 10.1. The maximum Gasteiger partial charge on any atom is 0.280 e. The van der Waals surface area contributed by atoms with Crippen molar-refractivity contribution in [2.24, 2.45) is 11.3 Å². The van der Waals surface area contributed by atoms with Crippen molar-refractivity contribution in [1.29, 1.82) is 0 Å². The fourth-order valence-electron chi connectivity index (χ4n) is 7.16. The summed E-state index contributed by atoms with van der Waals surface area (Å²) in [4.78, 5) is 42.2. The van der Waals surface area contributed by atoms with E-state index in [1.165, 1.54) is 16.9 Å². The molecule has 6 rings (SSSR count). The first-order valence-electron chi connectivity index (χ1n) is 17.1. The molecule has 248 valence electrons. The first-order chi connectivity index (χ1) is 22.0. The van der Waals surface area contributed by atoms with Crippen molar-refractivity contribution in [2.45, 2.75) is 90.3 Å². The number of aliphatic hydroxyl groups excluding tert-OH is 1. The van der Waals surface area contributed by atoms with E-state index in [-0.39, 0.29) is 35.4 Å². The Morgan fingerprint density at radius 3 is 2.52 bits per heavy atom. The highest BCUT2D eigenvalue weighted by atomic mass is 32.1. The molecule has 2 aliphatic heterocycles. The third kappa shape index (κ3) is 7.95. The van der Waals surface area contributed by atoms with E-state index < -0.39 is 0 Å². The molecule has 9 nitrogen and oxygen atoms in total. The van der Waals surface area contributed by atoms with Gasteiger partial charge in [-0.2, -0.15) is 0 Å². The second-order valence-electron chi connectivity index (χ2n) is 14.8. The molecule has 0 spiro atoms. The molecule has 1 aromatic carbocycles. The van der Waals surface area contributed by atoms with Crippen LogP contribution in [0.5, 0.6) is 0 Å². The molecule has 0 saturated carbocycles. The number of likely N-dealkylation sites (tertiary alicyclic amines) is 2. The van der Waals surface area contributed by atoms with Crippen molar-refractivity contribution in [3.05, 3.63) is 57.7 Å². The van der Waals surface area contributed by atoms with Gasteiger partial charge in [0, 0.05) is 36.9 Å². The summed E-state index contributed by atoms with van der Waals surface area (Å²) in [7, 11) is 2.11. The zero-order valence-corrected chi connectivity index (χ0v) is 28.7. The standard InChI is InChI=1S/C36H50N6O3S/c1-36(2,3)26-8-9-29-25(21-26)22-31-34(39-29)46-35(40-31)33(45)38-30(14-19-42-17-12-28(43)13-18-42)23-6-5-7-24(20-23)32(44)37-27-10-15-41(4)16-11-27/h5-7,20,22,26-28,30,43H,8-19,21H2,1-4H3,(H,37,44)(H,38,45)/t26-,30+/m0/s1. The van der Waals surface area contributed by atoms with Crippen LogP contribution in [-0.2, 0) is 12.8 Å². The zero-order valence-electron chi connectivity index (χ0n) is 27.8. The topological polar surface area (TPSA) is 111 Å². The average molecular weight is 647 g/mol. The van der Waals surface area contributed by atoms with Gasteiger partial charge in [-0.15, -0.1) is 0 Å². The van der Waals surface area contributed by atoms with E-state index in [0.717, 1.165) is 99.3 Å². The van der Waals surface area contributed by atoms with Gasteiger partial charge in [0.1, 0.15) is 10.3 Å². The van der Waals surface area contributed by atoms with Crippen LogP contribution in [0.2, 0.25) is 0 Å². The van der Waals surface area contributed by atoms with Gasteiger partial charge < -0.3 is 25.5 Å². The number of aliphatic hydroxyl groups is 1. The molecule has 3 N–H and O–H groups in total. The molecular formula is C36H50N6O3S. The summed E-state index contributed by atoms with van der Waals surface area (Å²) in [6.07, 6.45) is 6.98. The van der Waals surface area contributed by atoms with E-state index in [4.69, 9.17) is 9.97 Å². The quantitative estimate of drug-likeness (QED) is 0.317. The van der Waals surface area contributed by atoms with Crippen LogP contribution >= 0.6 is 11.3 Å². The number of nitrogens with one attached hydrogen (secondary N) is 2. The molecule has 46 heavy (non-hydrogen) atoms. The van der Waals surface area contributed by atoms with E-state index in [9.17, 15) is 14.7 Å². The van der Waals surface area contributed by atoms with E-state index in [1.54, 1.807) is 0 Å². The number of hydrogen-bond donors (Lipinski definition) is 3. The summed E-state index contributed by atoms with van der Waals surface area (Å²) in [5.74, 6) is 0.321. The minimum atomic E-state index is -0.295. The Morgan fingerprint density at radius 1 is 1.02 bits per heavy atom. The van der Waals surface area contributed by atoms with Gasteiger partial charge in [-0.3, -0.25) is 9.59 Å². The maximum atomic E-state index is 13.8. The van der Waals surface area contributed by atoms with Crippen molar-refractivity contribution < 1.29 is 14.7 Å². The van der Waals surface area contributed by atoms with Gasteiger partial charge in [0.2, 0.25) is 0 Å². The SMILES string of the molecule is CN1CCC(NC(=O)c2cccc([C@@H](CCN3CCC(O)CC3)NC(=O)c3nc4cc5c(nc4s3)CC[C@H](C(C)(C)C)C5)c2)CC1. The molecule has 2 aromatic heterocycles. The zero-order chi connectivity index (χ0) is 32.4. The van der Waals surface area contributed by atoms with Crippen LogP contribution in [0, 0.1) is 11.3 Å². The van der Waals surface area contributed by atoms with Gasteiger partial charge in [0.15, 0.2) is 5.01 Å². The van der Waals surface area contributed by atoms with Crippen LogP contribution in [0.3, 0.4) is 0 Å². The Balaban J connectivity index is 1.19. The number of pyridine rings is 1. The lowest BCUT2D eigenvalue weighted by Crippen LogP contribution is -2.43. The van der Waals surface area contributed by atoms with Crippen molar-refractivity contribution in [1.82, 2.24) is 30.4 Å². The fraction of sp³-hybridized carbons (Fsp3) is 0.611. The highest BCUT2D eigenvalue weighted by molar-refractivity contribution is 7.19. The van der Waals surface area contributed by atoms with Gasteiger partial charge in [-0.25, -0.2) is 9.97 Å². The van der Waals surface area contributed by atoms with Crippen LogP contribution in [0.1, 0.15) is 102 Å². The predicted molar refractivity (Wildman–Crippen MR) is 183 cm³/mol. The van der Waals surface area contributed by atoms with Crippen LogP contribution in [0.15, 0.2) is 30.3 Å². The van der Waals surface area contributed by atoms with Crippen LogP contribution in [-0.4, -0.2) is 88.6 Å². The Hall–Kier alpha value is -2.92. The van der Waals surface area contributed by atoms with Gasteiger partial charge in [0.05, 0.1) is 12.1 Å². The number of carbonyl (C=O) groups is 2. The van der Waals surface area contributed by atoms with Crippen molar-refractivity contribution in [2.75, 3.05) is 39.8 Å². The Labute approximate surface area is 277 Å². The summed E-state index contributed by atoms with van der Waals surface area (Å²) in [6.45, 7) is 11.3. The first kappa shape index (κ1) is 33.0. The van der Waals surface area contributed by atoms with Gasteiger partial charge in [-0.1, -0.05) is 44.2 Å². The number of rotatable bonds is 8. The summed E-state index contributed by atoms with van der Waals surface area (Å²) in [5.41, 5.74) is 4.95. The molecule has 3 aliphatic rings. The van der Waals surface area contributed by atoms with E-state index >= 15 is 0 Å². The van der Waals surface area contributed by atoms with Crippen LogP contribution in [0.4, 0.5) is 0 Å². The third-order valence-electron chi connectivity index (χ3n) is 10.4. The molecule has 4 heterocycles. The van der Waals surface area contributed by atoms with E-state index in [0.29, 0.717) is 22.9 Å². The molecule has 0 bridgehead atoms. The van der Waals surface area contributed by atoms with E-state index in [1.807, 2.05) is 24.3 Å². The highest BCUT2D eigenvalue weighted by Gasteiger charge is 2.30. The van der Waals surface area contributed by atoms with Crippen molar-refractivity contribution in [3.8, 4) is 0 Å². The number of aryl methyl sites for hydroxylation is 1. The lowest BCUT2D eigenvalue weighted by molar-refractivity contribution is 0.0795. The maximum absolute atomic E-state index is 13.8. The molecule has 1 aliphatic carbocycles. The summed E-state index contributed by atoms with van der Waals surface area (Å²) in [5, 5.41) is 16.9. The molecule has 0 unspecified atom stereocenters. The third-order valence-corrected chi connectivity index (χ3v) is 11.3. The normalized spacial score (nSPS) is 21.2. The number of benzene rings is 1. The van der Waals surface area contributed by atoms with Gasteiger partial charge in [0.25, 0.3) is 11.8 Å². The number of piperidine rings is 2. The molecule has 3 aromatic rings. The summed E-state index contributed by atoms with van der Waals surface area (Å²) in [6, 6.07) is 9.71. The lowest BCUT2D eigenvalue weighted by atomic mass is 9.71. The Morgan fingerprint density at radius 2 is 1.78 bits per heavy atom. The molecule has 2 atom stereocenters. The molecular weight excluding hydrogens is 597 g/mol. The molecule has 10 heteroatoms. The highest BCUT2D eigenvalue weighted by Crippen LogP contribution is 2.38. The number of aromatic nitrogens is 2. The molecule has 2 saturated heterocycles. The van der Waals surface area contributed by atoms with Crippen LogP contribution in [0.25, 0.3) is 10.3 Å². The largest absolute Gasteiger partial charge is 0.393 e. The number of nitrogens with zero attached hydrogens (tertiary/aromatic N) is 4. The number of hydrogen-bond acceptors (Lipinski definition) is 8.